The molecule has 82 heavy (non-hydrogen) atoms. The van der Waals surface area contributed by atoms with Crippen LogP contribution >= 0.6 is 68.0 Å². The van der Waals surface area contributed by atoms with Crippen molar-refractivity contribution in [3.8, 4) is 52.3 Å². The fourth-order valence-corrected chi connectivity index (χ4v) is 13.1. The molecule has 0 aromatic carbocycles. The summed E-state index contributed by atoms with van der Waals surface area (Å²) in [7, 11) is 0. The van der Waals surface area contributed by atoms with Gasteiger partial charge in [0.1, 0.15) is 28.4 Å². The molecule has 0 unspecified atom stereocenters. The molecule has 12 aromatic heterocycles. The first-order valence-corrected chi connectivity index (χ1v) is 32.0. The van der Waals surface area contributed by atoms with Crippen LogP contribution in [0.2, 0.25) is 0 Å². The molecule has 0 N–H and O–H groups in total. The van der Waals surface area contributed by atoms with E-state index < -0.39 is 5.95 Å². The number of halogens is 1. The average molecular weight is 1210 g/mol. The van der Waals surface area contributed by atoms with Gasteiger partial charge in [-0.15, -0.1) is 73.1 Å². The van der Waals surface area contributed by atoms with Gasteiger partial charge in [0.2, 0.25) is 5.95 Å². The average Bonchev–Trinajstić information content (AvgIpc) is 4.34. The monoisotopic (exact) mass is 1210 g/mol. The number of hydrogen-bond donors (Lipinski definition) is 0. The molecule has 0 aliphatic carbocycles. The molecule has 0 saturated carbocycles. The molecule has 0 amide bonds. The maximum absolute atomic E-state index is 12.9. The third-order valence-electron chi connectivity index (χ3n) is 11.9. The van der Waals surface area contributed by atoms with Crippen molar-refractivity contribution in [3.63, 3.8) is 0 Å². The Morgan fingerprint density at radius 2 is 1.00 bits per heavy atom. The van der Waals surface area contributed by atoms with E-state index in [0.29, 0.717) is 35.5 Å². The Morgan fingerprint density at radius 3 is 1.45 bits per heavy atom. The van der Waals surface area contributed by atoms with E-state index in [1.54, 1.807) is 110 Å². The molecule has 0 saturated heterocycles. The molecule has 12 nitrogen and oxygen atoms in total. The summed E-state index contributed by atoms with van der Waals surface area (Å²) < 4.78 is 27.3. The van der Waals surface area contributed by atoms with Crippen molar-refractivity contribution in [3.05, 3.63) is 200 Å². The third-order valence-corrected chi connectivity index (χ3v) is 20.3. The zero-order valence-corrected chi connectivity index (χ0v) is 53.5. The summed E-state index contributed by atoms with van der Waals surface area (Å²) in [6, 6.07) is 34.6. The van der Waals surface area contributed by atoms with Gasteiger partial charge in [-0.25, -0.2) is 29.3 Å². The highest BCUT2D eigenvalue weighted by molar-refractivity contribution is 7.16. The summed E-state index contributed by atoms with van der Waals surface area (Å²) in [5.74, 6) is 5.50. The van der Waals surface area contributed by atoms with E-state index in [4.69, 9.17) is 8.83 Å². The second-order valence-corrected chi connectivity index (χ2v) is 27.1. The molecule has 0 spiro atoms. The van der Waals surface area contributed by atoms with Gasteiger partial charge in [-0.2, -0.15) is 19.7 Å². The van der Waals surface area contributed by atoms with E-state index >= 15 is 0 Å². The number of aromatic nitrogens is 10. The van der Waals surface area contributed by atoms with E-state index in [0.717, 1.165) is 48.3 Å². The van der Waals surface area contributed by atoms with Crippen molar-refractivity contribution in [2.24, 2.45) is 0 Å². The van der Waals surface area contributed by atoms with Crippen LogP contribution < -0.4 is 0 Å². The molecule has 0 aliphatic rings. The number of oxazole rings is 2. The van der Waals surface area contributed by atoms with Gasteiger partial charge in [-0.05, 0) is 138 Å². The molecule has 12 rings (SSSR count). The molecule has 0 radical (unpaired) electrons. The molecular weight excluding hydrogens is 1140 g/mol. The van der Waals surface area contributed by atoms with Gasteiger partial charge >= 0.3 is 0 Å². The van der Waals surface area contributed by atoms with Crippen molar-refractivity contribution in [1.82, 2.24) is 49.7 Å². The van der Waals surface area contributed by atoms with Crippen LogP contribution in [0.3, 0.4) is 0 Å². The second-order valence-electron chi connectivity index (χ2n) is 20.5. The van der Waals surface area contributed by atoms with E-state index in [-0.39, 0.29) is 0 Å². The van der Waals surface area contributed by atoms with Crippen LogP contribution in [0.1, 0.15) is 154 Å². The Balaban J connectivity index is 0.000000142. The Hall–Kier alpha value is -6.87. The van der Waals surface area contributed by atoms with Crippen molar-refractivity contribution in [1.29, 1.82) is 0 Å². The lowest BCUT2D eigenvalue weighted by molar-refractivity contribution is 0.535. The molecule has 0 fully saturated rings. The van der Waals surface area contributed by atoms with Crippen LogP contribution in [0.5, 0.6) is 0 Å². The summed E-state index contributed by atoms with van der Waals surface area (Å²) in [5, 5.41) is 18.5. The van der Waals surface area contributed by atoms with Crippen molar-refractivity contribution in [2.75, 3.05) is 0 Å². The van der Waals surface area contributed by atoms with E-state index in [1.165, 1.54) is 57.8 Å². The van der Waals surface area contributed by atoms with Gasteiger partial charge < -0.3 is 8.83 Å². The van der Waals surface area contributed by atoms with Gasteiger partial charge in [0.05, 0.1) is 27.0 Å². The van der Waals surface area contributed by atoms with Crippen molar-refractivity contribution < 1.29 is 13.2 Å². The largest absolute Gasteiger partial charge is 0.443 e. The maximum atomic E-state index is 12.9. The fourth-order valence-electron chi connectivity index (χ4n) is 7.28. The molecule has 428 valence electrons. The summed E-state index contributed by atoms with van der Waals surface area (Å²) >= 11 is 10.6. The Bertz CT molecular complexity index is 3490. The highest BCUT2D eigenvalue weighted by atomic mass is 32.1. The summed E-state index contributed by atoms with van der Waals surface area (Å²) in [4.78, 5) is 28.3. The number of pyridine rings is 1. The number of aryl methyl sites for hydroxylation is 1. The standard InChI is InChI=1S/C12H12FNS.C11H12N2S.C11H13NOS.C10H12N2S.C10H11NOS.C9H11N3S/c1-8(2)10-3-4-11(15-10)9-5-6-14-12(13)7-9;1-8(2)10-5-6-11(14-10)9-4-3-7-12-13-9;1-7(2)10-4-5-11(14-10)9-6-12-8(3)13-9;1-8(2)9-4-5-10(13-9)12-7-3-6-11-12;1-7(2)9-3-4-10(13-9)8-5-11-6-12-8;1-7(2)8-3-4-9(13-8)12-6-10-5-11-12/h3-8H,1-2H3;3-8H,1-2H3;4-7H,1-3H3;3-8H,1-2H3;2*3-7H,1-2H3. The predicted octanol–water partition coefficient (Wildman–Crippen LogP) is 20.3. The quantitative estimate of drug-likeness (QED) is 0.109. The third kappa shape index (κ3) is 18.6. The smallest absolute Gasteiger partial charge is 0.213 e. The van der Waals surface area contributed by atoms with Gasteiger partial charge in [-0.3, -0.25) is 0 Å². The zero-order valence-electron chi connectivity index (χ0n) is 48.6. The topological polar surface area (TPSA) is 139 Å². The second kappa shape index (κ2) is 31.0. The van der Waals surface area contributed by atoms with E-state index in [9.17, 15) is 4.39 Å². The predicted molar refractivity (Wildman–Crippen MR) is 342 cm³/mol. The van der Waals surface area contributed by atoms with Crippen LogP contribution in [0.15, 0.2) is 168 Å². The lowest BCUT2D eigenvalue weighted by Gasteiger charge is -1.99. The lowest BCUT2D eigenvalue weighted by Crippen LogP contribution is -1.88. The van der Waals surface area contributed by atoms with Gasteiger partial charge in [0.25, 0.3) is 0 Å². The number of hydrogen-bond acceptors (Lipinski definition) is 16. The first-order valence-electron chi connectivity index (χ1n) is 27.1. The molecular formula is C63H71FN10O2S6. The van der Waals surface area contributed by atoms with Crippen LogP contribution in [0.25, 0.3) is 52.3 Å². The molecule has 0 bridgehead atoms. The highest BCUT2D eigenvalue weighted by Crippen LogP contribution is 2.35. The van der Waals surface area contributed by atoms with Gasteiger partial charge in [0.15, 0.2) is 23.8 Å². The normalized spacial score (nSPS) is 11.0. The van der Waals surface area contributed by atoms with E-state index in [1.807, 2.05) is 48.1 Å². The minimum Gasteiger partial charge on any atom is -0.443 e. The minimum atomic E-state index is -0.424. The van der Waals surface area contributed by atoms with Crippen LogP contribution in [-0.4, -0.2) is 49.7 Å². The SMILES string of the molecule is CC(C)c1ccc(-c2cccnn2)s1.CC(C)c1ccc(-c2ccnc(F)c2)s1.CC(C)c1ccc(-c2cnco2)s1.CC(C)c1ccc(-n2cccn2)s1.CC(C)c1ccc(-n2cncn2)s1.Cc1ncc(-c2ccc(C(C)C)s2)o1. The maximum Gasteiger partial charge on any atom is 0.213 e. The van der Waals surface area contributed by atoms with E-state index in [2.05, 4.69) is 190 Å². The minimum absolute atomic E-state index is 0.424. The van der Waals surface area contributed by atoms with Crippen LogP contribution in [-0.2, 0) is 0 Å². The summed E-state index contributed by atoms with van der Waals surface area (Å²) in [6.07, 6.45) is 15.2. The first-order chi connectivity index (χ1) is 39.4. The molecule has 12 heterocycles. The molecule has 0 aliphatic heterocycles. The summed E-state index contributed by atoms with van der Waals surface area (Å²) in [6.45, 7) is 28.1. The highest BCUT2D eigenvalue weighted by Gasteiger charge is 2.12. The van der Waals surface area contributed by atoms with Gasteiger partial charge in [-0.1, -0.05) is 83.1 Å². The van der Waals surface area contributed by atoms with Crippen LogP contribution in [0.4, 0.5) is 4.39 Å². The Kier molecular flexibility index (Phi) is 23.7. The summed E-state index contributed by atoms with van der Waals surface area (Å²) in [5.41, 5.74) is 1.86. The Labute approximate surface area is 505 Å². The van der Waals surface area contributed by atoms with Crippen LogP contribution in [0, 0.1) is 12.9 Å². The molecule has 19 heteroatoms. The Morgan fingerprint density at radius 1 is 0.476 bits per heavy atom. The number of thiophene rings is 6. The van der Waals surface area contributed by atoms with Crippen molar-refractivity contribution in [2.45, 2.75) is 126 Å². The number of rotatable bonds is 12. The molecule has 0 atom stereocenters. The van der Waals surface area contributed by atoms with Crippen molar-refractivity contribution >= 4 is 68.0 Å². The lowest BCUT2D eigenvalue weighted by atomic mass is 10.2. The molecule has 12 aromatic rings. The first kappa shape index (κ1) is 62.7. The zero-order chi connectivity index (χ0) is 58.7. The van der Waals surface area contributed by atoms with Gasteiger partial charge in [0, 0.05) is 71.9 Å². The number of nitrogens with zero attached hydrogens (tertiary/aromatic N) is 10. The fraction of sp³-hybridized carbons (Fsp3) is 0.302.